The van der Waals surface area contributed by atoms with Gasteiger partial charge in [-0.25, -0.2) is 0 Å². The molecule has 5 nitrogen and oxygen atoms in total. The van der Waals surface area contributed by atoms with Crippen molar-refractivity contribution >= 4 is 5.65 Å². The zero-order valence-electron chi connectivity index (χ0n) is 9.63. The number of nitrogens with one attached hydrogen (secondary N) is 1. The molecule has 2 fully saturated rings. The minimum Gasteiger partial charge on any atom is -0.495 e. The lowest BCUT2D eigenvalue weighted by Gasteiger charge is -2.04. The molecule has 5 heteroatoms. The first-order valence-corrected chi connectivity index (χ1v) is 5.98. The fourth-order valence-corrected chi connectivity index (χ4v) is 3.04. The topological polar surface area (TPSA) is 51.5 Å². The quantitative estimate of drug-likeness (QED) is 0.824. The minimum absolute atomic E-state index is 0.582. The molecule has 1 aliphatic carbocycles. The van der Waals surface area contributed by atoms with Crippen molar-refractivity contribution in [3.05, 3.63) is 24.2 Å². The summed E-state index contributed by atoms with van der Waals surface area (Å²) in [5.74, 6) is 4.04. The number of ether oxygens (including phenoxy) is 1. The van der Waals surface area contributed by atoms with E-state index in [9.17, 15) is 0 Å². The van der Waals surface area contributed by atoms with Gasteiger partial charge in [0.05, 0.1) is 13.3 Å². The molecule has 0 aromatic carbocycles. The average molecular weight is 230 g/mol. The molecule has 1 unspecified atom stereocenters. The van der Waals surface area contributed by atoms with Crippen molar-refractivity contribution in [1.29, 1.82) is 0 Å². The first kappa shape index (κ1) is 9.41. The van der Waals surface area contributed by atoms with Gasteiger partial charge in [-0.3, -0.25) is 4.40 Å². The van der Waals surface area contributed by atoms with Crippen LogP contribution in [0.5, 0.6) is 5.75 Å². The van der Waals surface area contributed by atoms with Crippen LogP contribution in [-0.4, -0.2) is 34.8 Å². The molecule has 0 bridgehead atoms. The number of hydrogen-bond donors (Lipinski definition) is 1. The van der Waals surface area contributed by atoms with Gasteiger partial charge in [0, 0.05) is 5.92 Å². The van der Waals surface area contributed by atoms with E-state index in [1.165, 1.54) is 0 Å². The Balaban J connectivity index is 1.80. The molecule has 0 radical (unpaired) electrons. The fraction of sp³-hybridized carbons (Fsp3) is 0.500. The van der Waals surface area contributed by atoms with Crippen LogP contribution in [0.15, 0.2) is 18.3 Å². The summed E-state index contributed by atoms with van der Waals surface area (Å²) >= 11 is 0. The van der Waals surface area contributed by atoms with Gasteiger partial charge >= 0.3 is 0 Å². The highest BCUT2D eigenvalue weighted by molar-refractivity contribution is 5.43. The Morgan fingerprint density at radius 3 is 2.88 bits per heavy atom. The molecule has 2 aromatic rings. The molecule has 0 spiro atoms. The van der Waals surface area contributed by atoms with Gasteiger partial charge in [-0.2, -0.15) is 0 Å². The third-order valence-corrected chi connectivity index (χ3v) is 4.03. The van der Waals surface area contributed by atoms with Crippen LogP contribution in [0.25, 0.3) is 5.65 Å². The summed E-state index contributed by atoms with van der Waals surface area (Å²) in [7, 11) is 1.68. The van der Waals surface area contributed by atoms with Crippen molar-refractivity contribution in [1.82, 2.24) is 19.9 Å². The molecule has 1 N–H and O–H groups in total. The number of piperidine rings is 1. The van der Waals surface area contributed by atoms with E-state index < -0.39 is 0 Å². The number of rotatable bonds is 2. The summed E-state index contributed by atoms with van der Waals surface area (Å²) < 4.78 is 7.32. The van der Waals surface area contributed by atoms with Crippen LogP contribution in [-0.2, 0) is 0 Å². The Hall–Kier alpha value is -1.62. The standard InChI is InChI=1S/C12H14N4O/c1-17-7-2-3-10-14-15-12(16(10)6-7)11-8-4-13-5-9(8)11/h2-3,6,8-9,11,13H,4-5H2,1H3/t8-,9+,11?. The number of fused-ring (bicyclic) bond motifs is 2. The van der Waals surface area contributed by atoms with Gasteiger partial charge in [0.25, 0.3) is 0 Å². The average Bonchev–Trinajstić information content (AvgIpc) is 2.79. The summed E-state index contributed by atoms with van der Waals surface area (Å²) in [5.41, 5.74) is 0.902. The summed E-state index contributed by atoms with van der Waals surface area (Å²) in [6.07, 6.45) is 1.98. The van der Waals surface area contributed by atoms with E-state index in [-0.39, 0.29) is 0 Å². The fourth-order valence-electron chi connectivity index (χ4n) is 3.04. The van der Waals surface area contributed by atoms with Gasteiger partial charge < -0.3 is 10.1 Å². The maximum absolute atomic E-state index is 5.25. The Bertz CT molecular complexity index is 569. The Labute approximate surface area is 98.8 Å². The number of methoxy groups -OCH3 is 1. The third kappa shape index (κ3) is 1.23. The second-order valence-corrected chi connectivity index (χ2v) is 4.87. The van der Waals surface area contributed by atoms with Crippen LogP contribution < -0.4 is 10.1 Å². The highest BCUT2D eigenvalue weighted by Gasteiger charge is 2.55. The van der Waals surface area contributed by atoms with Crippen LogP contribution in [0, 0.1) is 11.8 Å². The summed E-state index contributed by atoms with van der Waals surface area (Å²) in [6, 6.07) is 3.87. The summed E-state index contributed by atoms with van der Waals surface area (Å²) in [5, 5.41) is 12.0. The molecule has 3 atom stereocenters. The molecule has 3 heterocycles. The molecule has 0 amide bonds. The predicted molar refractivity (Wildman–Crippen MR) is 62.1 cm³/mol. The van der Waals surface area contributed by atoms with Gasteiger partial charge in [-0.15, -0.1) is 10.2 Å². The number of nitrogens with zero attached hydrogens (tertiary/aromatic N) is 3. The van der Waals surface area contributed by atoms with E-state index in [2.05, 4.69) is 19.9 Å². The molecule has 1 saturated heterocycles. The first-order chi connectivity index (χ1) is 8.38. The van der Waals surface area contributed by atoms with Crippen molar-refractivity contribution in [2.45, 2.75) is 5.92 Å². The van der Waals surface area contributed by atoms with Crippen LogP contribution >= 0.6 is 0 Å². The van der Waals surface area contributed by atoms with E-state index in [1.54, 1.807) is 7.11 Å². The van der Waals surface area contributed by atoms with E-state index in [0.29, 0.717) is 5.92 Å². The zero-order chi connectivity index (χ0) is 11.4. The van der Waals surface area contributed by atoms with Crippen molar-refractivity contribution < 1.29 is 4.74 Å². The van der Waals surface area contributed by atoms with Gasteiger partial charge in [0.15, 0.2) is 5.65 Å². The number of aromatic nitrogens is 3. The zero-order valence-corrected chi connectivity index (χ0v) is 9.63. The summed E-state index contributed by atoms with van der Waals surface area (Å²) in [6.45, 7) is 2.24. The van der Waals surface area contributed by atoms with E-state index >= 15 is 0 Å². The van der Waals surface area contributed by atoms with Crippen molar-refractivity contribution in [3.63, 3.8) is 0 Å². The van der Waals surface area contributed by atoms with E-state index in [0.717, 1.165) is 42.1 Å². The molecule has 2 aliphatic rings. The summed E-state index contributed by atoms with van der Waals surface area (Å²) in [4.78, 5) is 0. The molecule has 17 heavy (non-hydrogen) atoms. The molecule has 1 aliphatic heterocycles. The molecule has 4 rings (SSSR count). The maximum Gasteiger partial charge on any atom is 0.161 e. The third-order valence-electron chi connectivity index (χ3n) is 4.03. The largest absolute Gasteiger partial charge is 0.495 e. The van der Waals surface area contributed by atoms with Gasteiger partial charge in [-0.05, 0) is 37.1 Å². The monoisotopic (exact) mass is 230 g/mol. The van der Waals surface area contributed by atoms with Crippen LogP contribution in [0.3, 0.4) is 0 Å². The lowest BCUT2D eigenvalue weighted by atomic mass is 10.2. The Kier molecular flexibility index (Phi) is 1.77. The molecule has 88 valence electrons. The van der Waals surface area contributed by atoms with Crippen LogP contribution in [0.4, 0.5) is 0 Å². The SMILES string of the molecule is COc1ccc2nnc(C3[C@H]4CNC[C@@H]34)n2c1. The highest BCUT2D eigenvalue weighted by Crippen LogP contribution is 2.55. The second-order valence-electron chi connectivity index (χ2n) is 4.87. The smallest absolute Gasteiger partial charge is 0.161 e. The highest BCUT2D eigenvalue weighted by atomic mass is 16.5. The van der Waals surface area contributed by atoms with Gasteiger partial charge in [0.1, 0.15) is 11.6 Å². The van der Waals surface area contributed by atoms with Gasteiger partial charge in [0.2, 0.25) is 0 Å². The molecule has 1 saturated carbocycles. The normalized spacial score (nSPS) is 30.5. The van der Waals surface area contributed by atoms with Crippen LogP contribution in [0.1, 0.15) is 11.7 Å². The van der Waals surface area contributed by atoms with Gasteiger partial charge in [-0.1, -0.05) is 0 Å². The van der Waals surface area contributed by atoms with Crippen molar-refractivity contribution in [3.8, 4) is 5.75 Å². The second kappa shape index (κ2) is 3.20. The van der Waals surface area contributed by atoms with E-state index in [1.807, 2.05) is 18.3 Å². The first-order valence-electron chi connectivity index (χ1n) is 5.98. The lowest BCUT2D eigenvalue weighted by Crippen LogP contribution is -2.15. The van der Waals surface area contributed by atoms with Crippen molar-refractivity contribution in [2.75, 3.05) is 20.2 Å². The molecular weight excluding hydrogens is 216 g/mol. The predicted octanol–water partition coefficient (Wildman–Crippen LogP) is 0.671. The lowest BCUT2D eigenvalue weighted by molar-refractivity contribution is 0.412. The molecular formula is C12H14N4O. The van der Waals surface area contributed by atoms with Crippen molar-refractivity contribution in [2.24, 2.45) is 11.8 Å². The Morgan fingerprint density at radius 2 is 2.12 bits per heavy atom. The number of pyridine rings is 1. The van der Waals surface area contributed by atoms with Crippen LogP contribution in [0.2, 0.25) is 0 Å². The Morgan fingerprint density at radius 1 is 1.29 bits per heavy atom. The maximum atomic E-state index is 5.25. The van der Waals surface area contributed by atoms with E-state index in [4.69, 9.17) is 4.74 Å². The molecule has 2 aromatic heterocycles. The number of hydrogen-bond acceptors (Lipinski definition) is 4. The minimum atomic E-state index is 0.582.